The fourth-order valence-corrected chi connectivity index (χ4v) is 3.44. The number of aromatic nitrogens is 3. The summed E-state index contributed by atoms with van der Waals surface area (Å²) >= 11 is 0. The highest BCUT2D eigenvalue weighted by molar-refractivity contribution is 7.91. The number of imidazole rings is 1. The van der Waals surface area contributed by atoms with Gasteiger partial charge >= 0.3 is 0 Å². The van der Waals surface area contributed by atoms with E-state index < -0.39 is 9.84 Å². The lowest BCUT2D eigenvalue weighted by atomic mass is 10.2. The maximum absolute atomic E-state index is 12.4. The lowest BCUT2D eigenvalue weighted by Gasteiger charge is -2.11. The highest BCUT2D eigenvalue weighted by Crippen LogP contribution is 2.41. The van der Waals surface area contributed by atoms with Gasteiger partial charge in [0.25, 0.3) is 0 Å². The number of hydrogen-bond donors (Lipinski definition) is 0. The van der Waals surface area contributed by atoms with Gasteiger partial charge in [-0.2, -0.15) is 0 Å². The fraction of sp³-hybridized carbons (Fsp3) is 0.467. The molecule has 0 unspecified atom stereocenters. The highest BCUT2D eigenvalue weighted by Gasteiger charge is 2.28. The van der Waals surface area contributed by atoms with Crippen molar-refractivity contribution in [3.63, 3.8) is 0 Å². The van der Waals surface area contributed by atoms with E-state index in [1.165, 1.54) is 0 Å². The van der Waals surface area contributed by atoms with Gasteiger partial charge in [-0.1, -0.05) is 6.92 Å². The third-order valence-corrected chi connectivity index (χ3v) is 5.81. The van der Waals surface area contributed by atoms with Gasteiger partial charge in [0.2, 0.25) is 0 Å². The van der Waals surface area contributed by atoms with Crippen LogP contribution in [0.4, 0.5) is 0 Å². The zero-order valence-electron chi connectivity index (χ0n) is 12.5. The zero-order chi connectivity index (χ0) is 15.2. The summed E-state index contributed by atoms with van der Waals surface area (Å²) < 4.78 is 26.7. The van der Waals surface area contributed by atoms with Crippen molar-refractivity contribution in [1.29, 1.82) is 0 Å². The molecule has 0 aromatic carbocycles. The summed E-state index contributed by atoms with van der Waals surface area (Å²) in [6.45, 7) is 3.59. The summed E-state index contributed by atoms with van der Waals surface area (Å²) in [6.07, 6.45) is 5.77. The summed E-state index contributed by atoms with van der Waals surface area (Å²) in [7, 11) is -1.46. The van der Waals surface area contributed by atoms with Crippen molar-refractivity contribution in [1.82, 2.24) is 14.5 Å². The molecule has 0 amide bonds. The van der Waals surface area contributed by atoms with Crippen LogP contribution in [0, 0.1) is 6.92 Å². The van der Waals surface area contributed by atoms with E-state index in [4.69, 9.17) is 0 Å². The number of rotatable bonds is 4. The minimum absolute atomic E-state index is 0.0687. The molecule has 1 saturated carbocycles. The molecule has 21 heavy (non-hydrogen) atoms. The van der Waals surface area contributed by atoms with Crippen molar-refractivity contribution < 1.29 is 8.42 Å². The van der Waals surface area contributed by atoms with Gasteiger partial charge < -0.3 is 4.57 Å². The molecule has 2 heterocycles. The minimum Gasteiger partial charge on any atom is -0.330 e. The second-order valence-corrected chi connectivity index (χ2v) is 7.82. The van der Waals surface area contributed by atoms with Crippen molar-refractivity contribution in [2.75, 3.05) is 5.75 Å². The van der Waals surface area contributed by atoms with Crippen LogP contribution in [0.3, 0.4) is 0 Å². The molecule has 0 atom stereocenters. The van der Waals surface area contributed by atoms with Crippen LogP contribution in [-0.4, -0.2) is 28.7 Å². The zero-order valence-corrected chi connectivity index (χ0v) is 13.3. The maximum atomic E-state index is 12.4. The molecule has 0 bridgehead atoms. The first-order valence-corrected chi connectivity index (χ1v) is 8.80. The van der Waals surface area contributed by atoms with Crippen molar-refractivity contribution in [3.05, 3.63) is 29.7 Å². The summed E-state index contributed by atoms with van der Waals surface area (Å²) in [4.78, 5) is 9.06. The molecule has 0 saturated heterocycles. The van der Waals surface area contributed by atoms with Gasteiger partial charge in [0.1, 0.15) is 5.69 Å². The minimum atomic E-state index is -3.33. The summed E-state index contributed by atoms with van der Waals surface area (Å²) in [5, 5.41) is 0. The van der Waals surface area contributed by atoms with Crippen molar-refractivity contribution >= 4 is 9.84 Å². The van der Waals surface area contributed by atoms with Gasteiger partial charge in [-0.3, -0.25) is 4.98 Å². The molecule has 112 valence electrons. The standard InChI is InChI=1S/C15H19N3O2S/c1-4-21(19,20)13-7-12(11-5-6-11)9-16-14(13)15-17-8-10(2)18(15)3/h7-9,11H,4-6H2,1-3H3. The molecule has 1 fully saturated rings. The van der Waals surface area contributed by atoms with E-state index in [0.29, 0.717) is 22.3 Å². The van der Waals surface area contributed by atoms with E-state index in [1.54, 1.807) is 25.4 Å². The van der Waals surface area contributed by atoms with Crippen LogP contribution in [-0.2, 0) is 16.9 Å². The normalized spacial score (nSPS) is 15.4. The van der Waals surface area contributed by atoms with Crippen LogP contribution in [0.25, 0.3) is 11.5 Å². The van der Waals surface area contributed by atoms with Crippen LogP contribution in [0.2, 0.25) is 0 Å². The van der Waals surface area contributed by atoms with Crippen LogP contribution in [0.15, 0.2) is 23.4 Å². The van der Waals surface area contributed by atoms with E-state index in [1.807, 2.05) is 18.5 Å². The number of sulfone groups is 1. The van der Waals surface area contributed by atoms with Gasteiger partial charge in [0.15, 0.2) is 15.7 Å². The average Bonchev–Trinajstić information content (AvgIpc) is 3.27. The molecule has 0 aliphatic heterocycles. The molecule has 0 radical (unpaired) electrons. The second kappa shape index (κ2) is 4.94. The molecule has 6 heteroatoms. The Labute approximate surface area is 125 Å². The Morgan fingerprint density at radius 2 is 2.00 bits per heavy atom. The third kappa shape index (κ3) is 2.48. The van der Waals surface area contributed by atoms with Crippen molar-refractivity contribution in [2.45, 2.75) is 37.5 Å². The van der Waals surface area contributed by atoms with Crippen molar-refractivity contribution in [3.8, 4) is 11.5 Å². The molecular weight excluding hydrogens is 286 g/mol. The topological polar surface area (TPSA) is 64.8 Å². The molecule has 0 N–H and O–H groups in total. The van der Waals surface area contributed by atoms with E-state index >= 15 is 0 Å². The Morgan fingerprint density at radius 1 is 1.29 bits per heavy atom. The van der Waals surface area contributed by atoms with E-state index in [9.17, 15) is 8.42 Å². The van der Waals surface area contributed by atoms with E-state index in [-0.39, 0.29) is 5.75 Å². The van der Waals surface area contributed by atoms with Gasteiger partial charge in [0, 0.05) is 25.1 Å². The third-order valence-electron chi connectivity index (χ3n) is 4.07. The summed E-state index contributed by atoms with van der Waals surface area (Å²) in [6, 6.07) is 1.79. The molecule has 1 aliphatic carbocycles. The SMILES string of the molecule is CCS(=O)(=O)c1cc(C2CC2)cnc1-c1ncc(C)n1C. The molecule has 1 aliphatic rings. The number of nitrogens with zero attached hydrogens (tertiary/aromatic N) is 3. The fourth-order valence-electron chi connectivity index (χ4n) is 2.37. The van der Waals surface area contributed by atoms with Gasteiger partial charge in [-0.05, 0) is 37.3 Å². The monoisotopic (exact) mass is 305 g/mol. The number of aryl methyl sites for hydroxylation is 1. The second-order valence-electron chi connectivity index (χ2n) is 5.58. The molecule has 3 rings (SSSR count). The molecule has 2 aromatic rings. The summed E-state index contributed by atoms with van der Waals surface area (Å²) in [5.74, 6) is 1.14. The van der Waals surface area contributed by atoms with Gasteiger partial charge in [-0.25, -0.2) is 13.4 Å². The van der Waals surface area contributed by atoms with Crippen LogP contribution in [0.5, 0.6) is 0 Å². The largest absolute Gasteiger partial charge is 0.330 e. The Hall–Kier alpha value is -1.69. The Morgan fingerprint density at radius 3 is 2.52 bits per heavy atom. The lowest BCUT2D eigenvalue weighted by Crippen LogP contribution is -2.09. The first kappa shape index (κ1) is 14.3. The average molecular weight is 305 g/mol. The molecule has 2 aromatic heterocycles. The number of hydrogen-bond acceptors (Lipinski definition) is 4. The Kier molecular flexibility index (Phi) is 3.36. The Balaban J connectivity index is 2.22. The number of pyridine rings is 1. The van der Waals surface area contributed by atoms with Crippen LogP contribution >= 0.6 is 0 Å². The molecule has 5 nitrogen and oxygen atoms in total. The predicted octanol–water partition coefficient (Wildman–Crippen LogP) is 2.46. The quantitative estimate of drug-likeness (QED) is 0.870. The van der Waals surface area contributed by atoms with Crippen molar-refractivity contribution in [2.24, 2.45) is 7.05 Å². The van der Waals surface area contributed by atoms with Gasteiger partial charge in [-0.15, -0.1) is 0 Å². The Bertz CT molecular complexity index is 789. The summed E-state index contributed by atoms with van der Waals surface area (Å²) in [5.41, 5.74) is 2.45. The van der Waals surface area contributed by atoms with E-state index in [0.717, 1.165) is 24.1 Å². The van der Waals surface area contributed by atoms with Gasteiger partial charge in [0.05, 0.1) is 10.6 Å². The van der Waals surface area contributed by atoms with Crippen LogP contribution < -0.4 is 0 Å². The molecular formula is C15H19N3O2S. The molecule has 0 spiro atoms. The maximum Gasteiger partial charge on any atom is 0.180 e. The lowest BCUT2D eigenvalue weighted by molar-refractivity contribution is 0.597. The highest BCUT2D eigenvalue weighted by atomic mass is 32.2. The van der Waals surface area contributed by atoms with E-state index in [2.05, 4.69) is 9.97 Å². The van der Waals surface area contributed by atoms with Crippen LogP contribution in [0.1, 0.15) is 36.9 Å². The predicted molar refractivity (Wildman–Crippen MR) is 80.9 cm³/mol. The first-order chi connectivity index (χ1) is 9.94. The smallest absolute Gasteiger partial charge is 0.180 e. The first-order valence-electron chi connectivity index (χ1n) is 7.15.